The molecule has 1 amide bonds. The number of anilines is 1. The van der Waals surface area contributed by atoms with Gasteiger partial charge in [-0.2, -0.15) is 0 Å². The number of fused-ring (bicyclic) bond motifs is 6. The Balaban J connectivity index is 1.43. The molecule has 1 N–H and O–H groups in total. The number of nitrogens with zero attached hydrogens (tertiary/aromatic N) is 6. The largest absolute Gasteiger partial charge is 0.353 e. The highest BCUT2D eigenvalue weighted by atomic mass is 32.2. The number of amides is 1. The Bertz CT molecular complexity index is 2070. The number of hydrogen-bond acceptors (Lipinski definition) is 7. The molecule has 0 unspecified atom stereocenters. The number of piperazine rings is 1. The van der Waals surface area contributed by atoms with Crippen LogP contribution in [0.15, 0.2) is 58.2 Å². The number of hydrogen-bond donors (Lipinski definition) is 1. The molecule has 2 aliphatic heterocycles. The van der Waals surface area contributed by atoms with E-state index in [9.17, 15) is 18.0 Å². The number of carbonyl (C=O) groups is 1. The molecule has 3 aromatic heterocycles. The Kier molecular flexibility index (Phi) is 6.87. The van der Waals surface area contributed by atoms with Gasteiger partial charge in [0, 0.05) is 53.2 Å². The number of carbonyl (C=O) groups excluding carboxylic acids is 1. The monoisotopic (exact) mass is 601 g/mol. The van der Waals surface area contributed by atoms with E-state index in [-0.39, 0.29) is 28.4 Å². The van der Waals surface area contributed by atoms with E-state index in [1.807, 2.05) is 45.7 Å². The summed E-state index contributed by atoms with van der Waals surface area (Å²) in [4.78, 5) is 36.8. The normalized spacial score (nSPS) is 16.8. The van der Waals surface area contributed by atoms with Crippen LogP contribution >= 0.6 is 0 Å². The van der Waals surface area contributed by atoms with E-state index in [1.165, 1.54) is 0 Å². The Labute approximate surface area is 249 Å². The summed E-state index contributed by atoms with van der Waals surface area (Å²) in [6.07, 6.45) is 2.23. The van der Waals surface area contributed by atoms with Crippen LogP contribution < -0.4 is 15.1 Å². The van der Waals surface area contributed by atoms with E-state index >= 15 is 0 Å². The second-order valence-electron chi connectivity index (χ2n) is 11.5. The van der Waals surface area contributed by atoms with E-state index in [1.54, 1.807) is 30.7 Å². The zero-order valence-electron chi connectivity index (χ0n) is 24.4. The lowest BCUT2D eigenvalue weighted by molar-refractivity contribution is -0.129. The zero-order chi connectivity index (χ0) is 29.9. The number of benzene rings is 2. The topological polar surface area (TPSA) is 112 Å². The number of nitrogens with one attached hydrogen (secondary N) is 1. The first-order valence-electron chi connectivity index (χ1n) is 14.8. The summed E-state index contributed by atoms with van der Waals surface area (Å²) >= 11 is 0. The highest BCUT2D eigenvalue weighted by Crippen LogP contribution is 2.31. The first-order chi connectivity index (χ1) is 20.7. The number of sulfonamides is 1. The van der Waals surface area contributed by atoms with Gasteiger partial charge in [-0.15, -0.1) is 0 Å². The number of pyridine rings is 2. The van der Waals surface area contributed by atoms with Gasteiger partial charge < -0.3 is 19.3 Å². The number of imidazole rings is 1. The second-order valence-corrected chi connectivity index (χ2v) is 13.2. The third-order valence-electron chi connectivity index (χ3n) is 8.94. The maximum atomic E-state index is 14.1. The maximum Gasteiger partial charge on any atom is 0.248 e. The standard InChI is InChI=1S/C31H35N7O4S/c1-21(39)36-15-17-37(18-16-36)27-10-9-24-28(40)29(43(41,42)32-11-14-35-12-5-6-13-35)31-34(2)25-19-22-7-3-4-8-23(22)20-26(25)38(31)30(24)33-27/h3-4,7-10,19-20,32H,5-6,11-18H2,1-2H3. The number of aromatic nitrogens is 3. The molecule has 0 bridgehead atoms. The Morgan fingerprint density at radius 1 is 0.930 bits per heavy atom. The third-order valence-corrected chi connectivity index (χ3v) is 10.4. The molecule has 0 radical (unpaired) electrons. The van der Waals surface area contributed by atoms with Gasteiger partial charge in [-0.3, -0.25) is 14.0 Å². The predicted octanol–water partition coefficient (Wildman–Crippen LogP) is 2.54. The molecule has 224 valence electrons. The molecule has 11 nitrogen and oxygen atoms in total. The van der Waals surface area contributed by atoms with Crippen LogP contribution in [0.3, 0.4) is 0 Å². The van der Waals surface area contributed by atoms with Crippen LogP contribution in [0.4, 0.5) is 5.82 Å². The molecule has 7 rings (SSSR count). The van der Waals surface area contributed by atoms with Crippen LogP contribution in [0.25, 0.3) is 38.5 Å². The van der Waals surface area contributed by atoms with Crippen LogP contribution in [0.5, 0.6) is 0 Å². The molecule has 5 aromatic rings. The lowest BCUT2D eigenvalue weighted by Gasteiger charge is -2.35. The average Bonchev–Trinajstić information content (AvgIpc) is 3.62. The van der Waals surface area contributed by atoms with Gasteiger partial charge in [0.25, 0.3) is 0 Å². The Hall–Kier alpha value is -4.00. The molecule has 5 heterocycles. The highest BCUT2D eigenvalue weighted by Gasteiger charge is 2.29. The minimum atomic E-state index is -4.17. The van der Waals surface area contributed by atoms with E-state index in [0.29, 0.717) is 44.2 Å². The molecule has 0 atom stereocenters. The van der Waals surface area contributed by atoms with Crippen molar-refractivity contribution >= 4 is 60.2 Å². The van der Waals surface area contributed by atoms with Crippen molar-refractivity contribution < 1.29 is 13.2 Å². The molecule has 0 saturated carbocycles. The van der Waals surface area contributed by atoms with Crippen molar-refractivity contribution in [2.24, 2.45) is 7.05 Å². The number of rotatable bonds is 6. The molecule has 0 aliphatic carbocycles. The van der Waals surface area contributed by atoms with Crippen molar-refractivity contribution in [3.63, 3.8) is 0 Å². The number of aryl methyl sites for hydroxylation is 1. The molecule has 0 spiro atoms. The van der Waals surface area contributed by atoms with E-state index in [0.717, 1.165) is 47.7 Å². The molecule has 2 aromatic carbocycles. The van der Waals surface area contributed by atoms with Crippen molar-refractivity contribution in [2.75, 3.05) is 57.3 Å². The first kappa shape index (κ1) is 27.8. The van der Waals surface area contributed by atoms with Crippen LogP contribution in [0, 0.1) is 0 Å². The zero-order valence-corrected chi connectivity index (χ0v) is 25.2. The van der Waals surface area contributed by atoms with Gasteiger partial charge in [-0.25, -0.2) is 18.1 Å². The molecular weight excluding hydrogens is 566 g/mol. The van der Waals surface area contributed by atoms with Gasteiger partial charge in [0.15, 0.2) is 10.5 Å². The fourth-order valence-electron chi connectivity index (χ4n) is 6.61. The average molecular weight is 602 g/mol. The maximum absolute atomic E-state index is 14.1. The van der Waals surface area contributed by atoms with Gasteiger partial charge >= 0.3 is 0 Å². The summed E-state index contributed by atoms with van der Waals surface area (Å²) in [5.41, 5.74) is 1.67. The number of likely N-dealkylation sites (tertiary alicyclic amines) is 1. The summed E-state index contributed by atoms with van der Waals surface area (Å²) in [6.45, 7) is 6.72. The summed E-state index contributed by atoms with van der Waals surface area (Å²) in [5.74, 6) is 0.728. The predicted molar refractivity (Wildman–Crippen MR) is 168 cm³/mol. The summed E-state index contributed by atoms with van der Waals surface area (Å²) < 4.78 is 34.2. The smallest absolute Gasteiger partial charge is 0.248 e. The molecular formula is C31H35N7O4S. The van der Waals surface area contributed by atoms with Crippen LogP contribution in [-0.2, 0) is 21.9 Å². The van der Waals surface area contributed by atoms with Crippen molar-refractivity contribution in [2.45, 2.75) is 24.7 Å². The van der Waals surface area contributed by atoms with Crippen LogP contribution in [0.2, 0.25) is 0 Å². The Morgan fingerprint density at radius 3 is 2.28 bits per heavy atom. The minimum absolute atomic E-state index is 0.0464. The van der Waals surface area contributed by atoms with Gasteiger partial charge in [0.05, 0.1) is 16.4 Å². The van der Waals surface area contributed by atoms with Crippen molar-refractivity contribution in [3.05, 3.63) is 58.8 Å². The van der Waals surface area contributed by atoms with Gasteiger partial charge in [0.1, 0.15) is 11.5 Å². The van der Waals surface area contributed by atoms with E-state index in [2.05, 4.69) is 14.5 Å². The molecule has 43 heavy (non-hydrogen) atoms. The fourth-order valence-corrected chi connectivity index (χ4v) is 7.93. The molecule has 2 fully saturated rings. The fraction of sp³-hybridized carbons (Fsp3) is 0.387. The Morgan fingerprint density at radius 2 is 1.60 bits per heavy atom. The highest BCUT2D eigenvalue weighted by molar-refractivity contribution is 7.89. The SMILES string of the molecule is CC(=O)N1CCN(c2ccc3c(=O)c(S(=O)(=O)NCCN4CCCC4)c4n(C)c5cc6ccccc6cc5n4c3n2)CC1. The molecule has 2 aliphatic rings. The van der Waals surface area contributed by atoms with Gasteiger partial charge in [-0.05, 0) is 61.0 Å². The molecule has 12 heteroatoms. The third kappa shape index (κ3) is 4.73. The lowest BCUT2D eigenvalue weighted by atomic mass is 10.1. The minimum Gasteiger partial charge on any atom is -0.353 e. The summed E-state index contributed by atoms with van der Waals surface area (Å²) in [7, 11) is -2.37. The van der Waals surface area contributed by atoms with Crippen molar-refractivity contribution in [3.8, 4) is 0 Å². The van der Waals surface area contributed by atoms with Crippen molar-refractivity contribution in [1.82, 2.24) is 28.5 Å². The summed E-state index contributed by atoms with van der Waals surface area (Å²) in [6, 6.07) is 15.5. The van der Waals surface area contributed by atoms with E-state index < -0.39 is 15.5 Å². The quantitative estimate of drug-likeness (QED) is 0.318. The van der Waals surface area contributed by atoms with Gasteiger partial charge in [0.2, 0.25) is 21.4 Å². The van der Waals surface area contributed by atoms with Crippen LogP contribution in [0.1, 0.15) is 19.8 Å². The van der Waals surface area contributed by atoms with Crippen molar-refractivity contribution in [1.29, 1.82) is 0 Å². The van der Waals surface area contributed by atoms with Crippen LogP contribution in [-0.4, -0.2) is 90.4 Å². The lowest BCUT2D eigenvalue weighted by Crippen LogP contribution is -2.48. The summed E-state index contributed by atoms with van der Waals surface area (Å²) in [5, 5.41) is 2.25. The van der Waals surface area contributed by atoms with E-state index in [4.69, 9.17) is 4.98 Å². The first-order valence-corrected chi connectivity index (χ1v) is 16.3. The van der Waals surface area contributed by atoms with Gasteiger partial charge in [-0.1, -0.05) is 24.3 Å². The molecule has 2 saturated heterocycles. The second kappa shape index (κ2) is 10.6.